The molecule has 536 valence electrons. The van der Waals surface area contributed by atoms with Crippen LogP contribution in [-0.4, -0.2) is 148 Å². The summed E-state index contributed by atoms with van der Waals surface area (Å²) >= 11 is 2.52. The van der Waals surface area contributed by atoms with E-state index in [2.05, 4.69) is 16.0 Å². The van der Waals surface area contributed by atoms with Crippen molar-refractivity contribution in [1.82, 2.24) is 25.8 Å². The van der Waals surface area contributed by atoms with E-state index in [9.17, 15) is 64.7 Å². The average Bonchev–Trinajstić information content (AvgIpc) is 1.85. The van der Waals surface area contributed by atoms with E-state index >= 15 is 0 Å². The van der Waals surface area contributed by atoms with Crippen LogP contribution in [0.1, 0.15) is 125 Å². The molecule has 0 bridgehead atoms. The Morgan fingerprint density at radius 3 is 1.28 bits per heavy atom. The number of carbonyl (C=O) groups is 8. The Bertz CT molecular complexity index is 3290. The van der Waals surface area contributed by atoms with Crippen LogP contribution in [0.15, 0.2) is 72.8 Å². The van der Waals surface area contributed by atoms with E-state index in [4.69, 9.17) is 38.9 Å². The van der Waals surface area contributed by atoms with E-state index in [-0.39, 0.29) is 80.9 Å². The van der Waals surface area contributed by atoms with E-state index in [1.165, 1.54) is 33.3 Å². The summed E-state index contributed by atoms with van der Waals surface area (Å²) in [5, 5.41) is 6.17. The summed E-state index contributed by atoms with van der Waals surface area (Å²) in [6.07, 6.45) is -4.35. The lowest BCUT2D eigenvalue weighted by Crippen LogP contribution is -2.48. The van der Waals surface area contributed by atoms with Gasteiger partial charge in [-0.3, -0.25) is 14.4 Å². The molecule has 0 radical (unpaired) electrons. The molecule has 5 amide bonds. The quantitative estimate of drug-likeness (QED) is 0.0197. The highest BCUT2D eigenvalue weighted by atomic mass is 32.2. The molecule has 0 unspecified atom stereocenters. The number of hydrogen-bond acceptors (Lipinski definition) is 18. The van der Waals surface area contributed by atoms with Crippen LogP contribution in [0, 0.1) is 46.7 Å². The minimum atomic E-state index is -1.36. The second kappa shape index (κ2) is 38.9. The number of rotatable bonds is 26. The van der Waals surface area contributed by atoms with Crippen molar-refractivity contribution in [3.05, 3.63) is 130 Å². The van der Waals surface area contributed by atoms with Crippen LogP contribution in [0.25, 0.3) is 0 Å². The summed E-state index contributed by atoms with van der Waals surface area (Å²) < 4.78 is 120. The van der Waals surface area contributed by atoms with Crippen LogP contribution in [0.3, 0.4) is 0 Å². The van der Waals surface area contributed by atoms with E-state index in [1.807, 2.05) is 52.0 Å². The van der Waals surface area contributed by atoms with Gasteiger partial charge in [0.2, 0.25) is 11.8 Å². The number of alkyl carbamates (subject to hydrolysis) is 2. The zero-order valence-electron chi connectivity index (χ0n) is 56.9. The summed E-state index contributed by atoms with van der Waals surface area (Å²) in [5.74, 6) is -7.89. The van der Waals surface area contributed by atoms with Gasteiger partial charge in [-0.15, -0.1) is 23.5 Å². The van der Waals surface area contributed by atoms with E-state index in [1.54, 1.807) is 86.6 Å². The fraction of sp³-hybridized carbons (Fsp3) is 0.529. The minimum Gasteiger partial charge on any atom is -0.478 e. The number of nitrogens with one attached hydrogen (secondary N) is 3. The second-order valence-electron chi connectivity index (χ2n) is 24.9. The van der Waals surface area contributed by atoms with Crippen molar-refractivity contribution in [1.29, 1.82) is 0 Å². The molecule has 6 rings (SSSR count). The number of esters is 3. The fourth-order valence-corrected chi connectivity index (χ4v) is 11.6. The first kappa shape index (κ1) is 81.5. The fourth-order valence-electron chi connectivity index (χ4n) is 9.32. The number of thioether (sulfide) groups is 2. The maximum Gasteiger partial charge on any atom is 0.407 e. The van der Waals surface area contributed by atoms with Gasteiger partial charge >= 0.3 is 30.1 Å². The first-order valence-corrected chi connectivity index (χ1v) is 33.7. The van der Waals surface area contributed by atoms with Crippen molar-refractivity contribution in [3.8, 4) is 11.5 Å². The molecule has 4 aromatic rings. The van der Waals surface area contributed by atoms with E-state index in [0.29, 0.717) is 67.0 Å². The molecule has 21 nitrogen and oxygen atoms in total. The molecule has 5 N–H and O–H groups in total. The third-order valence-corrected chi connectivity index (χ3v) is 16.2. The van der Waals surface area contributed by atoms with Gasteiger partial charge in [0.1, 0.15) is 34.3 Å². The maximum atomic E-state index is 14.5. The van der Waals surface area contributed by atoms with E-state index in [0.717, 1.165) is 11.1 Å². The van der Waals surface area contributed by atoms with Crippen molar-refractivity contribution in [2.45, 2.75) is 175 Å². The summed E-state index contributed by atoms with van der Waals surface area (Å²) in [5.41, 5.74) is 5.16. The van der Waals surface area contributed by atoms with Crippen LogP contribution < -0.4 is 31.2 Å². The number of halogens is 6. The third kappa shape index (κ3) is 27.5. The smallest absolute Gasteiger partial charge is 0.407 e. The molecule has 0 spiro atoms. The molecule has 4 aromatic carbocycles. The Labute approximate surface area is 570 Å². The molecular weight excluding hydrogens is 1320 g/mol. The van der Waals surface area contributed by atoms with Gasteiger partial charge in [0, 0.05) is 86.6 Å². The van der Waals surface area contributed by atoms with E-state index < -0.39 is 123 Å². The van der Waals surface area contributed by atoms with Crippen LogP contribution in [0.5, 0.6) is 11.5 Å². The van der Waals surface area contributed by atoms with Crippen molar-refractivity contribution in [3.63, 3.8) is 0 Å². The molecule has 0 aromatic heterocycles. The summed E-state index contributed by atoms with van der Waals surface area (Å²) in [6.45, 7) is 24.5. The summed E-state index contributed by atoms with van der Waals surface area (Å²) in [6, 6.07) is 14.4. The predicted molar refractivity (Wildman–Crippen MR) is 353 cm³/mol. The number of amides is 5. The van der Waals surface area contributed by atoms with Crippen molar-refractivity contribution < 1.29 is 97.9 Å². The monoisotopic (exact) mass is 1410 g/mol. The largest absolute Gasteiger partial charge is 0.478 e. The first-order chi connectivity index (χ1) is 45.6. The molecule has 0 saturated carbocycles. The number of nitrogens with zero attached hydrogens (tertiary/aromatic N) is 2. The van der Waals surface area contributed by atoms with Crippen molar-refractivity contribution >= 4 is 71.3 Å². The van der Waals surface area contributed by atoms with Gasteiger partial charge in [-0.1, -0.05) is 52.0 Å². The normalized spacial score (nSPS) is 15.6. The number of carbonyl (C=O) groups excluding carboxylic acids is 8. The van der Waals surface area contributed by atoms with Gasteiger partial charge in [-0.05, 0) is 134 Å². The second-order valence-corrected chi connectivity index (χ2v) is 27.2. The Hall–Kier alpha value is -7.92. The molecule has 2 heterocycles. The highest BCUT2D eigenvalue weighted by Crippen LogP contribution is 2.29. The summed E-state index contributed by atoms with van der Waals surface area (Å²) in [7, 11) is 0. The highest BCUT2D eigenvalue weighted by Gasteiger charge is 2.39. The zero-order valence-corrected chi connectivity index (χ0v) is 58.6. The Kier molecular flexibility index (Phi) is 32.7. The standard InChI is InChI=1S/C33H42F3N3O7S.C21H27F3N2O5S.C14H21NO3/c1-7-44-31(42)28(19(2)3)45-23-10-8-20(9-11-23)18-37-29(41)30-39(12-13-47-30)27(40)16-22(38-32(43)46-33(4,5)6)14-21-15-25(35)26(36)17-24(21)34;1-5-30-19(28)18-26(6-7-32-18)17(27)10-13(25-20(29)31-21(2,3)4)8-12-9-15(23)16(24)11-14(12)22;1-4-17-14(16)13(10(2)3)18-12-7-5-11(9-15)6-8-12/h8-11,15,17,19,22,28,30H,7,12-14,16,18H2,1-6H3,(H,37,41)(H,38,43);9,11,13,18H,5-8,10H2,1-4H3,(H,25,29);5-8,10,13H,4,9,15H2,1-3H3/t22-,28+,30+;13-,18+;13-/m110/s1. The van der Waals surface area contributed by atoms with Crippen molar-refractivity contribution in [2.24, 2.45) is 17.6 Å². The number of hydrogen-bond donors (Lipinski definition) is 4. The van der Waals surface area contributed by atoms with Gasteiger partial charge in [0.25, 0.3) is 5.91 Å². The Morgan fingerprint density at radius 1 is 0.536 bits per heavy atom. The minimum absolute atomic E-state index is 0.0539. The molecule has 2 aliphatic heterocycles. The molecular formula is C68H90F6N6O15S2. The average molecular weight is 1410 g/mol. The molecule has 2 saturated heterocycles. The Morgan fingerprint density at radius 2 is 0.907 bits per heavy atom. The van der Waals surface area contributed by atoms with Gasteiger partial charge in [0.15, 0.2) is 46.2 Å². The lowest BCUT2D eigenvalue weighted by Gasteiger charge is -2.27. The van der Waals surface area contributed by atoms with Crippen LogP contribution in [-0.2, 0) is 78.4 Å². The number of benzene rings is 4. The number of ether oxygens (including phenoxy) is 7. The topological polar surface area (TPSA) is 270 Å². The lowest BCUT2D eigenvalue weighted by atomic mass is 10.0. The van der Waals surface area contributed by atoms with Crippen LogP contribution in [0.2, 0.25) is 0 Å². The predicted octanol–water partition coefficient (Wildman–Crippen LogP) is 10.6. The molecule has 0 aliphatic carbocycles. The molecule has 2 aliphatic rings. The highest BCUT2D eigenvalue weighted by molar-refractivity contribution is 8.01. The van der Waals surface area contributed by atoms with Gasteiger partial charge < -0.3 is 64.6 Å². The van der Waals surface area contributed by atoms with Crippen LogP contribution >= 0.6 is 23.5 Å². The third-order valence-electron chi connectivity index (χ3n) is 13.9. The number of nitrogens with two attached hydrogens (primary N) is 1. The molecule has 2 fully saturated rings. The molecule has 97 heavy (non-hydrogen) atoms. The van der Waals surface area contributed by atoms with Crippen LogP contribution in [0.4, 0.5) is 35.9 Å². The lowest BCUT2D eigenvalue weighted by molar-refractivity contribution is -0.154. The Balaban J connectivity index is 0.000000343. The van der Waals surface area contributed by atoms with Crippen molar-refractivity contribution in [2.75, 3.05) is 44.4 Å². The zero-order chi connectivity index (χ0) is 72.5. The maximum absolute atomic E-state index is 14.5. The summed E-state index contributed by atoms with van der Waals surface area (Å²) in [4.78, 5) is 103. The van der Waals surface area contributed by atoms with Gasteiger partial charge in [-0.2, -0.15) is 0 Å². The molecule has 6 atom stereocenters. The SMILES string of the molecule is CCOC(=O)[C@@H](Oc1ccc(CN)cc1)C(C)C.CCOC(=O)[C@@H](Oc1ccc(CNC(=O)[C@@H]2SCCN2C(=O)C[C@@H](Cc2cc(F)c(F)cc2F)NC(=O)OC(C)(C)C)cc1)C(C)C.CCOC(=O)[C@@H]1SCCN1C(=O)C[C@@H](Cc1cc(F)c(F)cc1F)NC(=O)OC(C)(C)C. The molecule has 29 heteroatoms. The van der Waals surface area contributed by atoms with Gasteiger partial charge in [0.05, 0.1) is 19.8 Å². The van der Waals surface area contributed by atoms with Gasteiger partial charge in [-0.25, -0.2) is 50.3 Å². The first-order valence-electron chi connectivity index (χ1n) is 31.6.